The van der Waals surface area contributed by atoms with Crippen LogP contribution in [0.5, 0.6) is 0 Å². The molecule has 2 rings (SSSR count). The molecule has 3 nitrogen and oxygen atoms in total. The van der Waals surface area contributed by atoms with Gasteiger partial charge >= 0.3 is 0 Å². The maximum absolute atomic E-state index is 13.7. The molecule has 2 aromatic rings. The molecule has 0 fully saturated rings. The van der Waals surface area contributed by atoms with E-state index in [4.69, 9.17) is 0 Å². The second-order valence-electron chi connectivity index (χ2n) is 5.51. The fourth-order valence-electron chi connectivity index (χ4n) is 2.08. The number of nitrogens with one attached hydrogen (secondary N) is 1. The number of amides is 1. The molecule has 0 heterocycles. The van der Waals surface area contributed by atoms with Gasteiger partial charge in [-0.2, -0.15) is 0 Å². The molecule has 0 aliphatic carbocycles. The summed E-state index contributed by atoms with van der Waals surface area (Å²) in [4.78, 5) is 24.6. The molecule has 2 aromatic carbocycles. The van der Waals surface area contributed by atoms with Crippen molar-refractivity contribution >= 4 is 27.6 Å². The Hall–Kier alpha value is -2.08. The normalized spacial score (nSPS) is 11.2. The molecule has 0 aromatic heterocycles. The van der Waals surface area contributed by atoms with Gasteiger partial charge in [-0.3, -0.25) is 9.59 Å². The molecule has 0 aliphatic heterocycles. The summed E-state index contributed by atoms with van der Waals surface area (Å²) in [6.07, 6.45) is 0. The van der Waals surface area contributed by atoms with Gasteiger partial charge in [-0.15, -0.1) is 0 Å². The van der Waals surface area contributed by atoms with Crippen molar-refractivity contribution in [3.63, 3.8) is 0 Å². The predicted octanol–water partition coefficient (Wildman–Crippen LogP) is 4.12. The largest absolute Gasteiger partial charge is 0.340 e. The van der Waals surface area contributed by atoms with Crippen molar-refractivity contribution in [1.29, 1.82) is 0 Å². The van der Waals surface area contributed by atoms with E-state index in [1.165, 1.54) is 19.9 Å². The van der Waals surface area contributed by atoms with Gasteiger partial charge in [-0.1, -0.05) is 34.1 Å². The summed E-state index contributed by atoms with van der Waals surface area (Å²) in [7, 11) is 0. The molecule has 0 saturated carbocycles. The number of ketones is 1. The van der Waals surface area contributed by atoms with Gasteiger partial charge in [0.25, 0.3) is 5.91 Å². The summed E-state index contributed by atoms with van der Waals surface area (Å²) in [5.41, 5.74) is -1.64. The van der Waals surface area contributed by atoms with Crippen LogP contribution in [0.2, 0.25) is 0 Å². The van der Waals surface area contributed by atoms with E-state index < -0.39 is 28.6 Å². The maximum Gasteiger partial charge on any atom is 0.258 e. The first-order valence-corrected chi connectivity index (χ1v) is 7.58. The van der Waals surface area contributed by atoms with E-state index in [1.807, 2.05) is 0 Å². The average molecular weight is 382 g/mol. The van der Waals surface area contributed by atoms with Gasteiger partial charge in [0.2, 0.25) is 0 Å². The molecule has 120 valence electrons. The lowest BCUT2D eigenvalue weighted by Crippen LogP contribution is -2.50. The van der Waals surface area contributed by atoms with Crippen molar-refractivity contribution in [2.75, 3.05) is 0 Å². The third-order valence-electron chi connectivity index (χ3n) is 3.29. The first-order valence-electron chi connectivity index (χ1n) is 6.79. The van der Waals surface area contributed by atoms with Crippen LogP contribution in [0.3, 0.4) is 0 Å². The Morgan fingerprint density at radius 2 is 1.52 bits per heavy atom. The van der Waals surface area contributed by atoms with Gasteiger partial charge in [0.15, 0.2) is 5.78 Å². The van der Waals surface area contributed by atoms with Crippen LogP contribution >= 0.6 is 15.9 Å². The van der Waals surface area contributed by atoms with E-state index >= 15 is 0 Å². The third kappa shape index (κ3) is 3.82. The number of hydrogen-bond donors (Lipinski definition) is 1. The molecular formula is C17H14BrF2NO2. The number of Topliss-reactive ketones (excluding diaryl/α,β-unsaturated/α-hetero) is 1. The van der Waals surface area contributed by atoms with E-state index in [0.717, 1.165) is 16.6 Å². The minimum Gasteiger partial charge on any atom is -0.340 e. The number of benzene rings is 2. The first kappa shape index (κ1) is 17.3. The van der Waals surface area contributed by atoms with E-state index in [-0.39, 0.29) is 5.78 Å². The van der Waals surface area contributed by atoms with E-state index in [1.54, 1.807) is 24.3 Å². The van der Waals surface area contributed by atoms with Crippen LogP contribution in [0, 0.1) is 11.6 Å². The quantitative estimate of drug-likeness (QED) is 0.809. The summed E-state index contributed by atoms with van der Waals surface area (Å²) in [6, 6.07) is 9.74. The van der Waals surface area contributed by atoms with E-state index in [9.17, 15) is 18.4 Å². The number of rotatable bonds is 4. The zero-order valence-corrected chi connectivity index (χ0v) is 14.1. The fourth-order valence-corrected chi connectivity index (χ4v) is 2.34. The standard InChI is InChI=1S/C17H14BrF2NO2/c1-17(2,15(22)10-6-8-11(18)9-7-10)21-16(23)14-12(19)4-3-5-13(14)20/h3-9H,1-2H3,(H,21,23). The summed E-state index contributed by atoms with van der Waals surface area (Å²) >= 11 is 3.27. The minimum atomic E-state index is -1.32. The molecule has 1 N–H and O–H groups in total. The van der Waals surface area contributed by atoms with Gasteiger partial charge in [-0.05, 0) is 38.1 Å². The Labute approximate surface area is 140 Å². The molecule has 0 unspecified atom stereocenters. The molecule has 0 bridgehead atoms. The van der Waals surface area contributed by atoms with Crippen LogP contribution in [0.25, 0.3) is 0 Å². The summed E-state index contributed by atoms with van der Waals surface area (Å²) in [5.74, 6) is -3.30. The Morgan fingerprint density at radius 1 is 1.00 bits per heavy atom. The topological polar surface area (TPSA) is 46.2 Å². The van der Waals surface area contributed by atoms with Crippen molar-refractivity contribution in [3.8, 4) is 0 Å². The van der Waals surface area contributed by atoms with Crippen molar-refractivity contribution in [2.24, 2.45) is 0 Å². The van der Waals surface area contributed by atoms with Gasteiger partial charge in [0.1, 0.15) is 17.2 Å². The lowest BCUT2D eigenvalue weighted by Gasteiger charge is -2.25. The van der Waals surface area contributed by atoms with E-state index in [0.29, 0.717) is 5.56 Å². The van der Waals surface area contributed by atoms with Crippen LogP contribution in [0.4, 0.5) is 8.78 Å². The van der Waals surface area contributed by atoms with Crippen molar-refractivity contribution < 1.29 is 18.4 Å². The van der Waals surface area contributed by atoms with Crippen LogP contribution in [0.1, 0.15) is 34.6 Å². The zero-order valence-electron chi connectivity index (χ0n) is 12.5. The Bertz CT molecular complexity index is 737. The highest BCUT2D eigenvalue weighted by Crippen LogP contribution is 2.18. The molecule has 1 amide bonds. The van der Waals surface area contributed by atoms with Crippen molar-refractivity contribution in [3.05, 3.63) is 69.7 Å². The van der Waals surface area contributed by atoms with Gasteiger partial charge in [-0.25, -0.2) is 8.78 Å². The highest BCUT2D eigenvalue weighted by Gasteiger charge is 2.32. The van der Waals surface area contributed by atoms with Crippen molar-refractivity contribution in [2.45, 2.75) is 19.4 Å². The lowest BCUT2D eigenvalue weighted by molar-refractivity contribution is 0.0793. The maximum atomic E-state index is 13.7. The predicted molar refractivity (Wildman–Crippen MR) is 86.4 cm³/mol. The Balaban J connectivity index is 2.25. The fraction of sp³-hybridized carbons (Fsp3) is 0.176. The first-order chi connectivity index (χ1) is 10.7. The molecule has 0 atom stereocenters. The van der Waals surface area contributed by atoms with Crippen molar-refractivity contribution in [1.82, 2.24) is 5.32 Å². The van der Waals surface area contributed by atoms with Crippen LogP contribution in [0.15, 0.2) is 46.9 Å². The molecule has 6 heteroatoms. The monoisotopic (exact) mass is 381 g/mol. The zero-order chi connectivity index (χ0) is 17.2. The Morgan fingerprint density at radius 3 is 2.04 bits per heavy atom. The van der Waals surface area contributed by atoms with Gasteiger partial charge in [0, 0.05) is 10.0 Å². The average Bonchev–Trinajstić information content (AvgIpc) is 2.46. The molecule has 0 saturated heterocycles. The number of halogens is 3. The van der Waals surface area contributed by atoms with Gasteiger partial charge < -0.3 is 5.32 Å². The molecule has 0 spiro atoms. The summed E-state index contributed by atoms with van der Waals surface area (Å²) in [5, 5.41) is 2.39. The highest BCUT2D eigenvalue weighted by molar-refractivity contribution is 9.10. The van der Waals surface area contributed by atoms with E-state index in [2.05, 4.69) is 21.2 Å². The van der Waals surface area contributed by atoms with Crippen LogP contribution < -0.4 is 5.32 Å². The third-order valence-corrected chi connectivity index (χ3v) is 3.82. The Kier molecular flexibility index (Phi) is 4.94. The SMILES string of the molecule is CC(C)(NC(=O)c1c(F)cccc1F)C(=O)c1ccc(Br)cc1. The second kappa shape index (κ2) is 6.58. The number of hydrogen-bond acceptors (Lipinski definition) is 2. The van der Waals surface area contributed by atoms with Crippen LogP contribution in [-0.4, -0.2) is 17.2 Å². The lowest BCUT2D eigenvalue weighted by atomic mass is 9.92. The summed E-state index contributed by atoms with van der Waals surface area (Å²) < 4.78 is 28.1. The smallest absolute Gasteiger partial charge is 0.258 e. The number of carbonyl (C=O) groups excluding carboxylic acids is 2. The highest BCUT2D eigenvalue weighted by atomic mass is 79.9. The molecular weight excluding hydrogens is 368 g/mol. The summed E-state index contributed by atoms with van der Waals surface area (Å²) in [6.45, 7) is 2.96. The molecule has 0 aliphatic rings. The molecule has 23 heavy (non-hydrogen) atoms. The molecule has 0 radical (unpaired) electrons. The second-order valence-corrected chi connectivity index (χ2v) is 6.43. The number of carbonyl (C=O) groups is 2. The minimum absolute atomic E-state index is 0.366. The van der Waals surface area contributed by atoms with Crippen LogP contribution in [-0.2, 0) is 0 Å². The van der Waals surface area contributed by atoms with Gasteiger partial charge in [0.05, 0.1) is 5.54 Å².